The van der Waals surface area contributed by atoms with Gasteiger partial charge in [-0.15, -0.1) is 24.0 Å². The molecule has 2 atom stereocenters. The van der Waals surface area contributed by atoms with Crippen molar-refractivity contribution in [1.29, 1.82) is 0 Å². The van der Waals surface area contributed by atoms with Gasteiger partial charge >= 0.3 is 0 Å². The average molecular weight is 397 g/mol. The fraction of sp³-hybridized carbons (Fsp3) is 0.933. The van der Waals surface area contributed by atoms with Crippen molar-refractivity contribution in [3.05, 3.63) is 0 Å². The minimum Gasteiger partial charge on any atom is -0.378 e. The monoisotopic (exact) mass is 397 g/mol. The van der Waals surface area contributed by atoms with Gasteiger partial charge in [-0.05, 0) is 26.2 Å². The van der Waals surface area contributed by atoms with Crippen LogP contribution in [-0.4, -0.2) is 62.7 Å². The molecule has 0 amide bonds. The number of aliphatic imine (C=N–C) groups is 1. The molecule has 0 spiro atoms. The topological polar surface area (TPSA) is 28.1 Å². The third-order valence-corrected chi connectivity index (χ3v) is 4.50. The predicted octanol–water partition coefficient (Wildman–Crippen LogP) is 3.07. The highest BCUT2D eigenvalue weighted by atomic mass is 127. The standard InChI is InChI=1S/C15H31N3O.HI/c1-8-15(9-2)12(11-13(15)19-10-3)16-14(17(4)5)18(6)7;/h12-13H,8-11H2,1-7H3;1H. The number of rotatable bonds is 5. The van der Waals surface area contributed by atoms with Gasteiger partial charge in [0, 0.05) is 40.2 Å². The van der Waals surface area contributed by atoms with Crippen LogP contribution in [0.4, 0.5) is 0 Å². The lowest BCUT2D eigenvalue weighted by Crippen LogP contribution is -2.57. The molecule has 0 aliphatic heterocycles. The molecule has 1 saturated carbocycles. The van der Waals surface area contributed by atoms with Crippen LogP contribution >= 0.6 is 24.0 Å². The molecular weight excluding hydrogens is 365 g/mol. The van der Waals surface area contributed by atoms with E-state index in [4.69, 9.17) is 9.73 Å². The zero-order valence-corrected chi connectivity index (χ0v) is 16.5. The van der Waals surface area contributed by atoms with Gasteiger partial charge in [-0.1, -0.05) is 13.8 Å². The zero-order valence-electron chi connectivity index (χ0n) is 14.1. The number of nitrogens with zero attached hydrogens (tertiary/aromatic N) is 3. The summed E-state index contributed by atoms with van der Waals surface area (Å²) in [5, 5.41) is 0. The van der Waals surface area contributed by atoms with E-state index in [-0.39, 0.29) is 29.4 Å². The summed E-state index contributed by atoms with van der Waals surface area (Å²) < 4.78 is 5.91. The Labute approximate surface area is 142 Å². The van der Waals surface area contributed by atoms with Crippen molar-refractivity contribution in [3.8, 4) is 0 Å². The molecule has 1 rings (SSSR count). The van der Waals surface area contributed by atoms with Gasteiger partial charge in [-0.25, -0.2) is 4.99 Å². The summed E-state index contributed by atoms with van der Waals surface area (Å²) in [7, 11) is 8.21. The van der Waals surface area contributed by atoms with E-state index in [2.05, 4.69) is 58.8 Å². The largest absolute Gasteiger partial charge is 0.378 e. The van der Waals surface area contributed by atoms with Gasteiger partial charge in [0.25, 0.3) is 0 Å². The van der Waals surface area contributed by atoms with Crippen LogP contribution in [0.25, 0.3) is 0 Å². The molecule has 1 fully saturated rings. The maximum Gasteiger partial charge on any atom is 0.195 e. The summed E-state index contributed by atoms with van der Waals surface area (Å²) in [5.74, 6) is 1.05. The van der Waals surface area contributed by atoms with E-state index in [1.807, 2.05) is 0 Å². The van der Waals surface area contributed by atoms with Crippen molar-refractivity contribution < 1.29 is 4.74 Å². The molecule has 0 aromatic heterocycles. The van der Waals surface area contributed by atoms with Crippen LogP contribution in [-0.2, 0) is 4.74 Å². The molecule has 1 aliphatic carbocycles. The Morgan fingerprint density at radius 2 is 1.60 bits per heavy atom. The molecule has 2 unspecified atom stereocenters. The summed E-state index contributed by atoms with van der Waals surface area (Å²) in [6, 6.07) is 0.388. The fourth-order valence-corrected chi connectivity index (χ4v) is 3.29. The first-order chi connectivity index (χ1) is 8.92. The van der Waals surface area contributed by atoms with Crippen molar-refractivity contribution in [3.63, 3.8) is 0 Å². The summed E-state index contributed by atoms with van der Waals surface area (Å²) in [5.41, 5.74) is 0.229. The first-order valence-electron chi connectivity index (χ1n) is 7.46. The van der Waals surface area contributed by atoms with Crippen LogP contribution in [0.2, 0.25) is 0 Å². The molecule has 0 aromatic carbocycles. The molecule has 0 radical (unpaired) electrons. The van der Waals surface area contributed by atoms with E-state index in [0.29, 0.717) is 12.1 Å². The van der Waals surface area contributed by atoms with Gasteiger partial charge in [-0.2, -0.15) is 0 Å². The molecular formula is C15H32IN3O. The average Bonchev–Trinajstić information content (AvgIpc) is 2.33. The van der Waals surface area contributed by atoms with E-state index < -0.39 is 0 Å². The van der Waals surface area contributed by atoms with Gasteiger partial charge in [0.2, 0.25) is 0 Å². The highest BCUT2D eigenvalue weighted by molar-refractivity contribution is 14.0. The van der Waals surface area contributed by atoms with Crippen LogP contribution < -0.4 is 0 Å². The maximum absolute atomic E-state index is 5.91. The third-order valence-electron chi connectivity index (χ3n) is 4.50. The second kappa shape index (κ2) is 8.41. The number of hydrogen-bond acceptors (Lipinski definition) is 2. The van der Waals surface area contributed by atoms with Crippen molar-refractivity contribution in [1.82, 2.24) is 9.80 Å². The van der Waals surface area contributed by atoms with E-state index >= 15 is 0 Å². The smallest absolute Gasteiger partial charge is 0.195 e. The fourth-order valence-electron chi connectivity index (χ4n) is 3.29. The number of guanidine groups is 1. The van der Waals surface area contributed by atoms with Crippen LogP contribution in [0.15, 0.2) is 4.99 Å². The highest BCUT2D eigenvalue weighted by Gasteiger charge is 2.53. The van der Waals surface area contributed by atoms with Crippen molar-refractivity contribution in [2.75, 3.05) is 34.8 Å². The Hall–Kier alpha value is -0.0400. The number of halogens is 1. The lowest BCUT2D eigenvalue weighted by molar-refractivity contribution is -0.127. The minimum absolute atomic E-state index is 0. The van der Waals surface area contributed by atoms with Gasteiger partial charge in [0.1, 0.15) is 0 Å². The summed E-state index contributed by atoms with van der Waals surface area (Å²) in [6.07, 6.45) is 3.71. The quantitative estimate of drug-likeness (QED) is 0.406. The van der Waals surface area contributed by atoms with Crippen LogP contribution in [0, 0.1) is 5.41 Å². The third kappa shape index (κ3) is 3.78. The molecule has 0 N–H and O–H groups in total. The molecule has 0 heterocycles. The normalized spacial score (nSPS) is 23.4. The Morgan fingerprint density at radius 3 is 1.95 bits per heavy atom. The molecule has 5 heteroatoms. The molecule has 120 valence electrons. The Morgan fingerprint density at radius 1 is 1.10 bits per heavy atom. The molecule has 1 aliphatic rings. The van der Waals surface area contributed by atoms with E-state index in [9.17, 15) is 0 Å². The molecule has 0 saturated heterocycles. The minimum atomic E-state index is 0. The second-order valence-electron chi connectivity index (χ2n) is 5.85. The first-order valence-corrected chi connectivity index (χ1v) is 7.46. The van der Waals surface area contributed by atoms with Crippen molar-refractivity contribution in [2.45, 2.75) is 52.2 Å². The van der Waals surface area contributed by atoms with Crippen molar-refractivity contribution in [2.24, 2.45) is 10.4 Å². The van der Waals surface area contributed by atoms with E-state index in [0.717, 1.165) is 31.8 Å². The van der Waals surface area contributed by atoms with Gasteiger partial charge in [-0.3, -0.25) is 0 Å². The summed E-state index contributed by atoms with van der Waals surface area (Å²) in [4.78, 5) is 9.17. The molecule has 4 nitrogen and oxygen atoms in total. The summed E-state index contributed by atoms with van der Waals surface area (Å²) >= 11 is 0. The number of ether oxygens (including phenoxy) is 1. The molecule has 0 bridgehead atoms. The molecule has 20 heavy (non-hydrogen) atoms. The van der Waals surface area contributed by atoms with E-state index in [1.165, 1.54) is 0 Å². The SMILES string of the molecule is CCOC1CC(N=C(N(C)C)N(C)C)C1(CC)CC.I. The zero-order chi connectivity index (χ0) is 14.6. The van der Waals surface area contributed by atoms with Crippen LogP contribution in [0.5, 0.6) is 0 Å². The molecule has 0 aromatic rings. The Balaban J connectivity index is 0.00000361. The van der Waals surface area contributed by atoms with Gasteiger partial charge < -0.3 is 14.5 Å². The van der Waals surface area contributed by atoms with E-state index in [1.54, 1.807) is 0 Å². The van der Waals surface area contributed by atoms with Gasteiger partial charge in [0.05, 0.1) is 12.1 Å². The lowest BCUT2D eigenvalue weighted by Gasteiger charge is -2.53. The highest BCUT2D eigenvalue weighted by Crippen LogP contribution is 2.50. The second-order valence-corrected chi connectivity index (χ2v) is 5.85. The lowest BCUT2D eigenvalue weighted by atomic mass is 9.59. The van der Waals surface area contributed by atoms with Crippen LogP contribution in [0.3, 0.4) is 0 Å². The Bertz CT molecular complexity index is 304. The summed E-state index contributed by atoms with van der Waals surface area (Å²) in [6.45, 7) is 7.42. The van der Waals surface area contributed by atoms with Crippen molar-refractivity contribution >= 4 is 29.9 Å². The van der Waals surface area contributed by atoms with Crippen LogP contribution in [0.1, 0.15) is 40.0 Å². The Kier molecular flexibility index (Phi) is 8.40. The maximum atomic E-state index is 5.91. The van der Waals surface area contributed by atoms with Gasteiger partial charge in [0.15, 0.2) is 5.96 Å². The first kappa shape index (κ1) is 20.0. The predicted molar refractivity (Wildman–Crippen MR) is 97.1 cm³/mol. The number of hydrogen-bond donors (Lipinski definition) is 0.